The Morgan fingerprint density at radius 1 is 1.09 bits per heavy atom. The number of benzene rings is 2. The number of halogens is 1. The second kappa shape index (κ2) is 6.58. The highest BCUT2D eigenvalue weighted by atomic mass is 35.5. The van der Waals surface area contributed by atoms with E-state index in [-0.39, 0.29) is 10.6 Å². The molecule has 2 aromatic carbocycles. The van der Waals surface area contributed by atoms with Gasteiger partial charge in [0, 0.05) is 10.7 Å². The Morgan fingerprint density at radius 2 is 1.73 bits per heavy atom. The van der Waals surface area contributed by atoms with Crippen molar-refractivity contribution in [3.8, 4) is 5.75 Å². The van der Waals surface area contributed by atoms with Gasteiger partial charge in [-0.1, -0.05) is 37.6 Å². The van der Waals surface area contributed by atoms with Crippen LogP contribution >= 0.6 is 11.6 Å². The van der Waals surface area contributed by atoms with Crippen LogP contribution in [-0.4, -0.2) is 15.5 Å². The first-order chi connectivity index (χ1) is 10.3. The quantitative estimate of drug-likeness (QED) is 0.884. The van der Waals surface area contributed by atoms with Crippen LogP contribution in [-0.2, 0) is 10.0 Å². The van der Waals surface area contributed by atoms with Gasteiger partial charge in [0.25, 0.3) is 10.0 Å². The van der Waals surface area contributed by atoms with E-state index in [1.165, 1.54) is 19.2 Å². The molecular weight excluding hydrogens is 322 g/mol. The average molecular weight is 340 g/mol. The fourth-order valence-electron chi connectivity index (χ4n) is 2.01. The first-order valence-corrected chi connectivity index (χ1v) is 8.66. The van der Waals surface area contributed by atoms with Crippen molar-refractivity contribution in [2.24, 2.45) is 0 Å². The molecule has 1 N–H and O–H groups in total. The summed E-state index contributed by atoms with van der Waals surface area (Å²) in [6, 6.07) is 11.8. The van der Waals surface area contributed by atoms with Crippen LogP contribution in [0.4, 0.5) is 5.69 Å². The van der Waals surface area contributed by atoms with Crippen LogP contribution in [0.25, 0.3) is 0 Å². The molecule has 6 heteroatoms. The van der Waals surface area contributed by atoms with Crippen molar-refractivity contribution in [3.63, 3.8) is 0 Å². The van der Waals surface area contributed by atoms with Crippen LogP contribution < -0.4 is 9.46 Å². The van der Waals surface area contributed by atoms with Crippen LogP contribution in [0, 0.1) is 0 Å². The van der Waals surface area contributed by atoms with Crippen LogP contribution in [0.2, 0.25) is 5.02 Å². The number of hydrogen-bond donors (Lipinski definition) is 1. The number of anilines is 1. The van der Waals surface area contributed by atoms with Crippen molar-refractivity contribution in [2.75, 3.05) is 11.8 Å². The lowest BCUT2D eigenvalue weighted by molar-refractivity contribution is 0.403. The van der Waals surface area contributed by atoms with E-state index in [9.17, 15) is 8.42 Å². The molecule has 118 valence electrons. The molecular formula is C16H18ClNO3S. The largest absolute Gasteiger partial charge is 0.495 e. The lowest BCUT2D eigenvalue weighted by atomic mass is 10.0. The topological polar surface area (TPSA) is 55.4 Å². The Hall–Kier alpha value is -1.72. The normalized spacial score (nSPS) is 11.5. The Balaban J connectivity index is 2.33. The Labute approximate surface area is 136 Å². The van der Waals surface area contributed by atoms with Gasteiger partial charge in [0.2, 0.25) is 0 Å². The SMILES string of the molecule is COc1ccc(Cl)cc1S(=O)(=O)Nc1ccc(C(C)C)cc1. The van der Waals surface area contributed by atoms with E-state index in [0.717, 1.165) is 5.56 Å². The molecule has 0 fully saturated rings. The minimum absolute atomic E-state index is 0.00966. The molecule has 0 bridgehead atoms. The van der Waals surface area contributed by atoms with Gasteiger partial charge in [-0.2, -0.15) is 0 Å². The molecule has 0 saturated heterocycles. The summed E-state index contributed by atoms with van der Waals surface area (Å²) in [4.78, 5) is 0.00966. The molecule has 0 saturated carbocycles. The summed E-state index contributed by atoms with van der Waals surface area (Å²) in [6.07, 6.45) is 0. The minimum atomic E-state index is -3.77. The molecule has 0 spiro atoms. The van der Waals surface area contributed by atoms with Gasteiger partial charge in [0.1, 0.15) is 10.6 Å². The lowest BCUT2D eigenvalue weighted by Crippen LogP contribution is -2.14. The predicted molar refractivity (Wildman–Crippen MR) is 89.3 cm³/mol. The summed E-state index contributed by atoms with van der Waals surface area (Å²) in [5, 5.41) is 0.330. The van der Waals surface area contributed by atoms with Crippen molar-refractivity contribution in [1.82, 2.24) is 0 Å². The molecule has 0 aliphatic rings. The summed E-state index contributed by atoms with van der Waals surface area (Å²) < 4.78 is 32.6. The van der Waals surface area contributed by atoms with E-state index in [4.69, 9.17) is 16.3 Å². The number of sulfonamides is 1. The molecule has 2 rings (SSSR count). The second-order valence-corrected chi connectivity index (χ2v) is 7.26. The third-order valence-corrected chi connectivity index (χ3v) is 4.88. The highest BCUT2D eigenvalue weighted by molar-refractivity contribution is 7.92. The van der Waals surface area contributed by atoms with Crippen LogP contribution in [0.15, 0.2) is 47.4 Å². The number of hydrogen-bond acceptors (Lipinski definition) is 3. The predicted octanol–water partition coefficient (Wildman–Crippen LogP) is 4.27. The molecule has 0 aliphatic heterocycles. The van der Waals surface area contributed by atoms with E-state index in [1.807, 2.05) is 12.1 Å². The summed E-state index contributed by atoms with van der Waals surface area (Å²) in [5.41, 5.74) is 1.63. The third kappa shape index (κ3) is 3.72. The van der Waals surface area contributed by atoms with Gasteiger partial charge in [-0.15, -0.1) is 0 Å². The first-order valence-electron chi connectivity index (χ1n) is 6.80. The third-order valence-electron chi connectivity index (χ3n) is 3.24. The zero-order valence-electron chi connectivity index (χ0n) is 12.6. The van der Waals surface area contributed by atoms with E-state index in [2.05, 4.69) is 18.6 Å². The Kier molecular flexibility index (Phi) is 4.98. The molecule has 22 heavy (non-hydrogen) atoms. The van der Waals surface area contributed by atoms with Crippen LogP contribution in [0.3, 0.4) is 0 Å². The van der Waals surface area contributed by atoms with Crippen molar-refractivity contribution in [1.29, 1.82) is 0 Å². The van der Waals surface area contributed by atoms with Gasteiger partial charge in [0.15, 0.2) is 0 Å². The number of ether oxygens (including phenoxy) is 1. The van der Waals surface area contributed by atoms with Gasteiger partial charge in [-0.25, -0.2) is 8.42 Å². The number of methoxy groups -OCH3 is 1. The van der Waals surface area contributed by atoms with Gasteiger partial charge in [-0.3, -0.25) is 4.72 Å². The molecule has 0 amide bonds. The maximum atomic E-state index is 12.5. The molecule has 0 aliphatic carbocycles. The van der Waals surface area contributed by atoms with Crippen molar-refractivity contribution in [3.05, 3.63) is 53.1 Å². The zero-order chi connectivity index (χ0) is 16.3. The lowest BCUT2D eigenvalue weighted by Gasteiger charge is -2.13. The molecule has 0 radical (unpaired) electrons. The fraction of sp³-hybridized carbons (Fsp3) is 0.250. The standard InChI is InChI=1S/C16H18ClNO3S/c1-11(2)12-4-7-14(8-5-12)18-22(19,20)16-10-13(17)6-9-15(16)21-3/h4-11,18H,1-3H3. The average Bonchev–Trinajstić information content (AvgIpc) is 2.47. The molecule has 0 heterocycles. The van der Waals surface area contributed by atoms with Gasteiger partial charge < -0.3 is 4.74 Å². The molecule has 0 aromatic heterocycles. The summed E-state index contributed by atoms with van der Waals surface area (Å²) in [7, 11) is -2.35. The molecule has 2 aromatic rings. The van der Waals surface area contributed by atoms with Gasteiger partial charge in [-0.05, 0) is 41.8 Å². The summed E-state index contributed by atoms with van der Waals surface area (Å²) in [5.74, 6) is 0.634. The van der Waals surface area contributed by atoms with Crippen LogP contribution in [0.1, 0.15) is 25.3 Å². The van der Waals surface area contributed by atoms with Crippen molar-refractivity contribution < 1.29 is 13.2 Å². The maximum Gasteiger partial charge on any atom is 0.265 e. The van der Waals surface area contributed by atoms with E-state index < -0.39 is 10.0 Å². The number of nitrogens with one attached hydrogen (secondary N) is 1. The second-order valence-electron chi connectivity index (χ2n) is 5.18. The number of rotatable bonds is 5. The summed E-state index contributed by atoms with van der Waals surface area (Å²) in [6.45, 7) is 4.16. The van der Waals surface area contributed by atoms with E-state index in [1.54, 1.807) is 18.2 Å². The van der Waals surface area contributed by atoms with Crippen LogP contribution in [0.5, 0.6) is 5.75 Å². The first kappa shape index (κ1) is 16.6. The van der Waals surface area contributed by atoms with E-state index >= 15 is 0 Å². The fourth-order valence-corrected chi connectivity index (χ4v) is 3.50. The highest BCUT2D eigenvalue weighted by Crippen LogP contribution is 2.29. The smallest absolute Gasteiger partial charge is 0.265 e. The van der Waals surface area contributed by atoms with Gasteiger partial charge >= 0.3 is 0 Å². The Bertz CT molecular complexity index is 755. The Morgan fingerprint density at radius 3 is 2.27 bits per heavy atom. The van der Waals surface area contributed by atoms with Crippen molar-refractivity contribution in [2.45, 2.75) is 24.7 Å². The monoisotopic (exact) mass is 339 g/mol. The highest BCUT2D eigenvalue weighted by Gasteiger charge is 2.20. The molecule has 4 nitrogen and oxygen atoms in total. The van der Waals surface area contributed by atoms with Crippen molar-refractivity contribution >= 4 is 27.3 Å². The van der Waals surface area contributed by atoms with E-state index in [0.29, 0.717) is 16.6 Å². The maximum absolute atomic E-state index is 12.5. The van der Waals surface area contributed by atoms with Gasteiger partial charge in [0.05, 0.1) is 7.11 Å². The molecule has 0 unspecified atom stereocenters. The minimum Gasteiger partial charge on any atom is -0.495 e. The summed E-state index contributed by atoms with van der Waals surface area (Å²) >= 11 is 5.89. The zero-order valence-corrected chi connectivity index (χ0v) is 14.2. The molecule has 0 atom stereocenters.